The minimum atomic E-state index is -0.883. The Balaban J connectivity index is 1.64. The molecule has 126 valence electrons. The number of benzene rings is 2. The third kappa shape index (κ3) is 3.60. The molecular weight excluding hydrogens is 302 g/mol. The van der Waals surface area contributed by atoms with E-state index in [0.29, 0.717) is 5.75 Å². The van der Waals surface area contributed by atoms with E-state index in [1.54, 1.807) is 26.0 Å². The number of amides is 1. The van der Waals surface area contributed by atoms with Crippen LogP contribution in [0.4, 0.5) is 5.69 Å². The highest BCUT2D eigenvalue weighted by atomic mass is 16.5. The number of ether oxygens (including phenoxy) is 1. The summed E-state index contributed by atoms with van der Waals surface area (Å²) in [6.07, 6.45) is 1.99. The fourth-order valence-corrected chi connectivity index (χ4v) is 2.97. The van der Waals surface area contributed by atoms with Crippen LogP contribution >= 0.6 is 0 Å². The molecule has 1 heterocycles. The maximum absolute atomic E-state index is 12.5. The standard InChI is InChI=1S/C20H23NO3/c1-20(2,23)16-9-11-17(12-10-16)24-14-19(22)21-13-5-7-15-6-3-4-8-18(15)21/h3-4,6,8-12,23H,5,7,13-14H2,1-2H3. The topological polar surface area (TPSA) is 49.8 Å². The number of aliphatic hydroxyl groups is 1. The summed E-state index contributed by atoms with van der Waals surface area (Å²) in [4.78, 5) is 14.3. The molecule has 1 aliphatic rings. The van der Waals surface area contributed by atoms with Crippen molar-refractivity contribution >= 4 is 11.6 Å². The van der Waals surface area contributed by atoms with Crippen LogP contribution in [0.2, 0.25) is 0 Å². The highest BCUT2D eigenvalue weighted by Crippen LogP contribution is 2.27. The predicted octanol–water partition coefficient (Wildman–Crippen LogP) is 3.27. The van der Waals surface area contributed by atoms with Gasteiger partial charge in [0.05, 0.1) is 5.60 Å². The first-order valence-electron chi connectivity index (χ1n) is 8.29. The molecule has 3 rings (SSSR count). The summed E-state index contributed by atoms with van der Waals surface area (Å²) in [5, 5.41) is 9.96. The number of hydrogen-bond donors (Lipinski definition) is 1. The van der Waals surface area contributed by atoms with E-state index in [0.717, 1.165) is 30.6 Å². The van der Waals surface area contributed by atoms with Crippen molar-refractivity contribution in [1.82, 2.24) is 0 Å². The molecule has 4 nitrogen and oxygen atoms in total. The summed E-state index contributed by atoms with van der Waals surface area (Å²) in [5.41, 5.74) is 2.14. The molecule has 0 atom stereocenters. The van der Waals surface area contributed by atoms with Crippen LogP contribution in [-0.4, -0.2) is 24.2 Å². The van der Waals surface area contributed by atoms with Crippen molar-refractivity contribution in [2.24, 2.45) is 0 Å². The highest BCUT2D eigenvalue weighted by molar-refractivity contribution is 5.95. The van der Waals surface area contributed by atoms with Gasteiger partial charge >= 0.3 is 0 Å². The van der Waals surface area contributed by atoms with Crippen LogP contribution in [0.1, 0.15) is 31.4 Å². The van der Waals surface area contributed by atoms with Crippen LogP contribution in [0.5, 0.6) is 5.75 Å². The van der Waals surface area contributed by atoms with Crippen molar-refractivity contribution in [3.8, 4) is 5.75 Å². The van der Waals surface area contributed by atoms with Gasteiger partial charge in [0.25, 0.3) is 5.91 Å². The molecule has 2 aromatic rings. The zero-order valence-corrected chi connectivity index (χ0v) is 14.2. The van der Waals surface area contributed by atoms with Gasteiger partial charge in [0.2, 0.25) is 0 Å². The molecule has 4 heteroatoms. The van der Waals surface area contributed by atoms with E-state index >= 15 is 0 Å². The van der Waals surface area contributed by atoms with Crippen LogP contribution in [0.15, 0.2) is 48.5 Å². The highest BCUT2D eigenvalue weighted by Gasteiger charge is 2.22. The lowest BCUT2D eigenvalue weighted by atomic mass is 9.99. The summed E-state index contributed by atoms with van der Waals surface area (Å²) in [6.45, 7) is 4.22. The van der Waals surface area contributed by atoms with Crippen LogP contribution < -0.4 is 9.64 Å². The van der Waals surface area contributed by atoms with Crippen LogP contribution in [0.3, 0.4) is 0 Å². The summed E-state index contributed by atoms with van der Waals surface area (Å²) in [7, 11) is 0. The number of aryl methyl sites for hydroxylation is 1. The second-order valence-electron chi connectivity index (χ2n) is 6.65. The van der Waals surface area contributed by atoms with Gasteiger partial charge in [0, 0.05) is 12.2 Å². The first-order chi connectivity index (χ1) is 11.4. The Bertz CT molecular complexity index is 716. The van der Waals surface area contributed by atoms with Crippen LogP contribution in [-0.2, 0) is 16.8 Å². The van der Waals surface area contributed by atoms with Gasteiger partial charge in [-0.2, -0.15) is 0 Å². The maximum atomic E-state index is 12.5. The zero-order chi connectivity index (χ0) is 17.2. The summed E-state index contributed by atoms with van der Waals surface area (Å²) in [5.74, 6) is 0.593. The van der Waals surface area contributed by atoms with Gasteiger partial charge in [0.15, 0.2) is 6.61 Å². The molecule has 0 saturated carbocycles. The molecule has 0 unspecified atom stereocenters. The Morgan fingerprint density at radius 2 is 1.88 bits per heavy atom. The number of anilines is 1. The van der Waals surface area contributed by atoms with Gasteiger partial charge in [-0.1, -0.05) is 30.3 Å². The smallest absolute Gasteiger partial charge is 0.264 e. The van der Waals surface area contributed by atoms with Gasteiger partial charge < -0.3 is 14.7 Å². The van der Waals surface area contributed by atoms with Crippen molar-refractivity contribution in [1.29, 1.82) is 0 Å². The van der Waals surface area contributed by atoms with Crippen molar-refractivity contribution in [2.75, 3.05) is 18.1 Å². The van der Waals surface area contributed by atoms with Crippen LogP contribution in [0.25, 0.3) is 0 Å². The Kier molecular flexibility index (Phi) is 4.58. The normalized spacial score (nSPS) is 14.2. The first kappa shape index (κ1) is 16.5. The van der Waals surface area contributed by atoms with Crippen molar-refractivity contribution in [3.63, 3.8) is 0 Å². The molecule has 1 N–H and O–H groups in total. The molecule has 0 aromatic heterocycles. The molecule has 1 aliphatic heterocycles. The van der Waals surface area contributed by atoms with Gasteiger partial charge in [-0.25, -0.2) is 0 Å². The summed E-state index contributed by atoms with van der Waals surface area (Å²) >= 11 is 0. The number of fused-ring (bicyclic) bond motifs is 1. The quantitative estimate of drug-likeness (QED) is 0.938. The Labute approximate surface area is 142 Å². The first-order valence-corrected chi connectivity index (χ1v) is 8.29. The Hall–Kier alpha value is -2.33. The van der Waals surface area contributed by atoms with E-state index in [4.69, 9.17) is 4.74 Å². The van der Waals surface area contributed by atoms with Crippen molar-refractivity contribution in [2.45, 2.75) is 32.3 Å². The van der Waals surface area contributed by atoms with E-state index < -0.39 is 5.60 Å². The monoisotopic (exact) mass is 325 g/mol. The van der Waals surface area contributed by atoms with Gasteiger partial charge in [0.1, 0.15) is 5.75 Å². The lowest BCUT2D eigenvalue weighted by Gasteiger charge is -2.29. The number of nitrogens with zero attached hydrogens (tertiary/aromatic N) is 1. The molecule has 0 bridgehead atoms. The second kappa shape index (κ2) is 6.65. The van der Waals surface area contributed by atoms with E-state index in [1.807, 2.05) is 35.2 Å². The lowest BCUT2D eigenvalue weighted by Crippen LogP contribution is -2.38. The molecule has 2 aromatic carbocycles. The van der Waals surface area contributed by atoms with E-state index in [1.165, 1.54) is 5.56 Å². The van der Waals surface area contributed by atoms with E-state index in [2.05, 4.69) is 6.07 Å². The predicted molar refractivity (Wildman–Crippen MR) is 94.3 cm³/mol. The number of hydrogen-bond acceptors (Lipinski definition) is 3. The second-order valence-corrected chi connectivity index (χ2v) is 6.65. The number of para-hydroxylation sites is 1. The summed E-state index contributed by atoms with van der Waals surface area (Å²) < 4.78 is 5.63. The van der Waals surface area contributed by atoms with Crippen LogP contribution in [0, 0.1) is 0 Å². The maximum Gasteiger partial charge on any atom is 0.264 e. The Morgan fingerprint density at radius 3 is 2.58 bits per heavy atom. The van der Waals surface area contributed by atoms with Gasteiger partial charge in [-0.15, -0.1) is 0 Å². The Morgan fingerprint density at radius 1 is 1.17 bits per heavy atom. The van der Waals surface area contributed by atoms with Gasteiger partial charge in [-0.05, 0) is 56.0 Å². The molecule has 0 aliphatic carbocycles. The molecular formula is C20H23NO3. The molecule has 0 radical (unpaired) electrons. The van der Waals surface area contributed by atoms with E-state index in [-0.39, 0.29) is 12.5 Å². The molecule has 0 saturated heterocycles. The molecule has 1 amide bonds. The van der Waals surface area contributed by atoms with Gasteiger partial charge in [-0.3, -0.25) is 4.79 Å². The molecule has 0 spiro atoms. The van der Waals surface area contributed by atoms with Crippen molar-refractivity contribution in [3.05, 3.63) is 59.7 Å². The lowest BCUT2D eigenvalue weighted by molar-refractivity contribution is -0.120. The SMILES string of the molecule is CC(C)(O)c1ccc(OCC(=O)N2CCCc3ccccc32)cc1. The minimum Gasteiger partial charge on any atom is -0.484 e. The third-order valence-electron chi connectivity index (χ3n) is 4.33. The largest absolute Gasteiger partial charge is 0.484 e. The summed E-state index contributed by atoms with van der Waals surface area (Å²) in [6, 6.07) is 15.2. The van der Waals surface area contributed by atoms with E-state index in [9.17, 15) is 9.90 Å². The molecule has 0 fully saturated rings. The average molecular weight is 325 g/mol. The third-order valence-corrected chi connectivity index (χ3v) is 4.33. The number of carbonyl (C=O) groups excluding carboxylic acids is 1. The fourth-order valence-electron chi connectivity index (χ4n) is 2.97. The molecule has 24 heavy (non-hydrogen) atoms. The average Bonchev–Trinajstić information content (AvgIpc) is 2.59. The fraction of sp³-hybridized carbons (Fsp3) is 0.350. The minimum absolute atomic E-state index is 0.0101. The number of rotatable bonds is 4. The zero-order valence-electron chi connectivity index (χ0n) is 14.2. The van der Waals surface area contributed by atoms with Crippen molar-refractivity contribution < 1.29 is 14.6 Å². The number of carbonyl (C=O) groups is 1.